The predicted octanol–water partition coefficient (Wildman–Crippen LogP) is 2.20. The fraction of sp³-hybridized carbons (Fsp3) is 0.400. The number of sulfonamides is 1. The predicted molar refractivity (Wildman–Crippen MR) is 112 cm³/mol. The van der Waals surface area contributed by atoms with Gasteiger partial charge in [-0.15, -0.1) is 0 Å². The fourth-order valence-electron chi connectivity index (χ4n) is 3.19. The molecule has 156 valence electrons. The van der Waals surface area contributed by atoms with Crippen molar-refractivity contribution in [3.63, 3.8) is 0 Å². The number of benzene rings is 1. The summed E-state index contributed by atoms with van der Waals surface area (Å²) in [7, 11) is 0.0792. The summed E-state index contributed by atoms with van der Waals surface area (Å²) in [6, 6.07) is 9.51. The molecule has 2 heterocycles. The third kappa shape index (κ3) is 4.92. The zero-order valence-electron chi connectivity index (χ0n) is 17.0. The summed E-state index contributed by atoms with van der Waals surface area (Å²) in [5.41, 5.74) is 0.984. The van der Waals surface area contributed by atoms with Crippen molar-refractivity contribution in [2.24, 2.45) is 0 Å². The first kappa shape index (κ1) is 21.2. The van der Waals surface area contributed by atoms with Crippen LogP contribution in [0.3, 0.4) is 0 Å². The monoisotopic (exact) mass is 418 g/mol. The Labute approximate surface area is 171 Å². The van der Waals surface area contributed by atoms with Crippen LogP contribution in [0.15, 0.2) is 47.5 Å². The SMILES string of the molecule is C[C@@H]1CN(S(=O)(=O)c2ccc(NC(=O)c3ccnc(N(C)C)c3)cc2)C[C@@H](C)O1. The molecule has 2 aromatic rings. The van der Waals surface area contributed by atoms with E-state index in [1.165, 1.54) is 16.4 Å². The molecule has 1 fully saturated rings. The Morgan fingerprint density at radius 1 is 1.14 bits per heavy atom. The molecule has 3 rings (SSSR count). The summed E-state index contributed by atoms with van der Waals surface area (Å²) in [6.45, 7) is 4.36. The molecule has 0 bridgehead atoms. The summed E-state index contributed by atoms with van der Waals surface area (Å²) in [4.78, 5) is 18.7. The molecule has 0 radical (unpaired) electrons. The number of morpholine rings is 1. The van der Waals surface area contributed by atoms with Gasteiger partial charge in [-0.25, -0.2) is 13.4 Å². The molecule has 0 aliphatic carbocycles. The Kier molecular flexibility index (Phi) is 6.21. The molecule has 0 unspecified atom stereocenters. The van der Waals surface area contributed by atoms with E-state index >= 15 is 0 Å². The number of hydrogen-bond donors (Lipinski definition) is 1. The molecular formula is C20H26N4O4S. The van der Waals surface area contributed by atoms with E-state index in [0.717, 1.165) is 0 Å². The number of amides is 1. The number of rotatable bonds is 5. The number of anilines is 2. The van der Waals surface area contributed by atoms with Gasteiger partial charge in [0.05, 0.1) is 17.1 Å². The molecular weight excluding hydrogens is 392 g/mol. The number of carbonyl (C=O) groups excluding carboxylic acids is 1. The fourth-order valence-corrected chi connectivity index (χ4v) is 4.78. The Hall–Kier alpha value is -2.49. The second-order valence-electron chi connectivity index (χ2n) is 7.35. The highest BCUT2D eigenvalue weighted by molar-refractivity contribution is 7.89. The summed E-state index contributed by atoms with van der Waals surface area (Å²) >= 11 is 0. The normalized spacial score (nSPS) is 20.3. The maximum absolute atomic E-state index is 12.9. The van der Waals surface area contributed by atoms with Crippen molar-refractivity contribution in [2.45, 2.75) is 31.0 Å². The number of pyridine rings is 1. The van der Waals surface area contributed by atoms with Gasteiger partial charge in [-0.1, -0.05) is 0 Å². The van der Waals surface area contributed by atoms with Crippen LogP contribution >= 0.6 is 0 Å². The van der Waals surface area contributed by atoms with Gasteiger partial charge in [0.25, 0.3) is 5.91 Å². The van der Waals surface area contributed by atoms with Crippen molar-refractivity contribution in [1.82, 2.24) is 9.29 Å². The molecule has 29 heavy (non-hydrogen) atoms. The highest BCUT2D eigenvalue weighted by atomic mass is 32.2. The molecule has 0 spiro atoms. The Bertz CT molecular complexity index is 966. The van der Waals surface area contributed by atoms with Crippen molar-refractivity contribution in [3.8, 4) is 0 Å². The number of aromatic nitrogens is 1. The lowest BCUT2D eigenvalue weighted by Crippen LogP contribution is -2.48. The maximum Gasteiger partial charge on any atom is 0.255 e. The van der Waals surface area contributed by atoms with Crippen molar-refractivity contribution in [2.75, 3.05) is 37.4 Å². The van der Waals surface area contributed by atoms with Crippen LogP contribution in [-0.2, 0) is 14.8 Å². The third-order valence-electron chi connectivity index (χ3n) is 4.60. The number of hydrogen-bond acceptors (Lipinski definition) is 6. The Morgan fingerprint density at radius 2 is 1.76 bits per heavy atom. The zero-order chi connectivity index (χ0) is 21.2. The molecule has 1 aromatic heterocycles. The minimum absolute atomic E-state index is 0.153. The number of carbonyl (C=O) groups is 1. The van der Waals surface area contributed by atoms with E-state index in [0.29, 0.717) is 30.2 Å². The highest BCUT2D eigenvalue weighted by Gasteiger charge is 2.32. The smallest absolute Gasteiger partial charge is 0.255 e. The number of nitrogens with one attached hydrogen (secondary N) is 1. The van der Waals surface area contributed by atoms with E-state index in [1.54, 1.807) is 30.5 Å². The van der Waals surface area contributed by atoms with Crippen LogP contribution in [0.2, 0.25) is 0 Å². The van der Waals surface area contributed by atoms with E-state index in [9.17, 15) is 13.2 Å². The van der Waals surface area contributed by atoms with Crippen molar-refractivity contribution in [3.05, 3.63) is 48.2 Å². The lowest BCUT2D eigenvalue weighted by atomic mass is 10.2. The molecule has 8 nitrogen and oxygen atoms in total. The van der Waals surface area contributed by atoms with E-state index in [2.05, 4.69) is 10.3 Å². The summed E-state index contributed by atoms with van der Waals surface area (Å²) in [6.07, 6.45) is 1.27. The quantitative estimate of drug-likeness (QED) is 0.800. The molecule has 9 heteroatoms. The van der Waals surface area contributed by atoms with Gasteiger partial charge in [-0.2, -0.15) is 4.31 Å². The molecule has 2 atom stereocenters. The van der Waals surface area contributed by atoms with Gasteiger partial charge in [0.1, 0.15) is 5.82 Å². The highest BCUT2D eigenvalue weighted by Crippen LogP contribution is 2.23. The largest absolute Gasteiger partial charge is 0.373 e. The molecule has 1 aromatic carbocycles. The summed E-state index contributed by atoms with van der Waals surface area (Å²) in [5, 5.41) is 2.78. The Morgan fingerprint density at radius 3 is 2.34 bits per heavy atom. The van der Waals surface area contributed by atoms with Gasteiger partial charge in [0, 0.05) is 44.6 Å². The second kappa shape index (κ2) is 8.48. The lowest BCUT2D eigenvalue weighted by molar-refractivity contribution is -0.0440. The van der Waals surface area contributed by atoms with Crippen LogP contribution in [0.4, 0.5) is 11.5 Å². The van der Waals surface area contributed by atoms with E-state index in [1.807, 2.05) is 32.8 Å². The van der Waals surface area contributed by atoms with Gasteiger partial charge in [-0.05, 0) is 50.2 Å². The van der Waals surface area contributed by atoms with Crippen molar-refractivity contribution >= 4 is 27.4 Å². The van der Waals surface area contributed by atoms with Gasteiger partial charge >= 0.3 is 0 Å². The minimum atomic E-state index is -3.61. The van der Waals surface area contributed by atoms with Crippen molar-refractivity contribution in [1.29, 1.82) is 0 Å². The third-order valence-corrected chi connectivity index (χ3v) is 6.45. The average molecular weight is 419 g/mol. The van der Waals surface area contributed by atoms with Crippen LogP contribution in [0.5, 0.6) is 0 Å². The van der Waals surface area contributed by atoms with Crippen LogP contribution in [0, 0.1) is 0 Å². The maximum atomic E-state index is 12.9. The minimum Gasteiger partial charge on any atom is -0.373 e. The number of nitrogens with zero attached hydrogens (tertiary/aromatic N) is 3. The van der Waals surface area contributed by atoms with Crippen LogP contribution in [0.25, 0.3) is 0 Å². The first-order chi connectivity index (χ1) is 13.7. The molecule has 1 N–H and O–H groups in total. The van der Waals surface area contributed by atoms with E-state index in [-0.39, 0.29) is 23.0 Å². The van der Waals surface area contributed by atoms with Gasteiger partial charge in [-0.3, -0.25) is 4.79 Å². The molecule has 1 aliphatic rings. The van der Waals surface area contributed by atoms with E-state index in [4.69, 9.17) is 4.74 Å². The molecule has 1 aliphatic heterocycles. The summed E-state index contributed by atoms with van der Waals surface area (Å²) < 4.78 is 32.9. The average Bonchev–Trinajstić information content (AvgIpc) is 2.67. The van der Waals surface area contributed by atoms with Crippen LogP contribution in [-0.4, -0.2) is 63.0 Å². The standard InChI is InChI=1S/C20H26N4O4S/c1-14-12-24(13-15(2)28-14)29(26,27)18-7-5-17(6-8-18)22-20(25)16-9-10-21-19(11-16)23(3)4/h5-11,14-15H,12-13H2,1-4H3,(H,22,25)/t14-,15-/m1/s1. The molecule has 1 amide bonds. The van der Waals surface area contributed by atoms with Crippen molar-refractivity contribution < 1.29 is 17.9 Å². The van der Waals surface area contributed by atoms with Gasteiger partial charge < -0.3 is 15.0 Å². The first-order valence-corrected chi connectivity index (χ1v) is 10.8. The van der Waals surface area contributed by atoms with Gasteiger partial charge in [0.15, 0.2) is 0 Å². The number of ether oxygens (including phenoxy) is 1. The second-order valence-corrected chi connectivity index (χ2v) is 9.29. The summed E-state index contributed by atoms with van der Waals surface area (Å²) in [5.74, 6) is 0.384. The van der Waals surface area contributed by atoms with Crippen LogP contribution in [0.1, 0.15) is 24.2 Å². The van der Waals surface area contributed by atoms with Crippen LogP contribution < -0.4 is 10.2 Å². The lowest BCUT2D eigenvalue weighted by Gasteiger charge is -2.34. The first-order valence-electron chi connectivity index (χ1n) is 9.37. The molecule has 0 saturated carbocycles. The van der Waals surface area contributed by atoms with E-state index < -0.39 is 10.0 Å². The zero-order valence-corrected chi connectivity index (χ0v) is 17.8. The Balaban J connectivity index is 1.73. The molecule has 1 saturated heterocycles. The topological polar surface area (TPSA) is 91.8 Å². The van der Waals surface area contributed by atoms with Gasteiger partial charge in [0.2, 0.25) is 10.0 Å².